The SMILES string of the molecule is CCc1c(C(=O)OCC(=O)Nc2ccc(C#N)cc2)cnc2ncnn12. The lowest BCUT2D eigenvalue weighted by Crippen LogP contribution is -2.22. The fourth-order valence-electron chi connectivity index (χ4n) is 2.37. The molecule has 0 aliphatic heterocycles. The summed E-state index contributed by atoms with van der Waals surface area (Å²) in [5.74, 6) is -0.769. The second kappa shape index (κ2) is 7.40. The number of fused-ring (bicyclic) bond motifs is 1. The summed E-state index contributed by atoms with van der Waals surface area (Å²) in [6.07, 6.45) is 3.23. The molecule has 9 heteroatoms. The van der Waals surface area contributed by atoms with E-state index in [1.54, 1.807) is 24.3 Å². The monoisotopic (exact) mass is 350 g/mol. The van der Waals surface area contributed by atoms with E-state index in [9.17, 15) is 9.59 Å². The first-order chi connectivity index (χ1) is 12.6. The van der Waals surface area contributed by atoms with Crippen molar-refractivity contribution in [1.82, 2.24) is 19.6 Å². The Morgan fingerprint density at radius 2 is 2.04 bits per heavy atom. The van der Waals surface area contributed by atoms with Crippen molar-refractivity contribution in [2.75, 3.05) is 11.9 Å². The third-order valence-electron chi connectivity index (χ3n) is 3.59. The molecule has 0 aliphatic rings. The third-order valence-corrected chi connectivity index (χ3v) is 3.59. The van der Waals surface area contributed by atoms with Crippen LogP contribution in [0.4, 0.5) is 5.69 Å². The van der Waals surface area contributed by atoms with Gasteiger partial charge in [0.2, 0.25) is 0 Å². The Bertz CT molecular complexity index is 1000. The second-order valence-corrected chi connectivity index (χ2v) is 5.26. The number of carbonyl (C=O) groups is 2. The Labute approximate surface area is 148 Å². The largest absolute Gasteiger partial charge is 0.452 e. The summed E-state index contributed by atoms with van der Waals surface area (Å²) in [5.41, 5.74) is 1.82. The van der Waals surface area contributed by atoms with Crippen molar-refractivity contribution in [3.63, 3.8) is 0 Å². The van der Waals surface area contributed by atoms with E-state index in [0.717, 1.165) is 0 Å². The third kappa shape index (κ3) is 3.49. The first-order valence-corrected chi connectivity index (χ1v) is 7.77. The van der Waals surface area contributed by atoms with Gasteiger partial charge in [0.1, 0.15) is 6.33 Å². The maximum Gasteiger partial charge on any atom is 0.342 e. The van der Waals surface area contributed by atoms with Crippen LogP contribution in [0.25, 0.3) is 5.78 Å². The van der Waals surface area contributed by atoms with E-state index in [1.165, 1.54) is 17.0 Å². The minimum absolute atomic E-state index is 0.233. The predicted octanol–water partition coefficient (Wildman–Crippen LogP) is 1.35. The first kappa shape index (κ1) is 17.0. The van der Waals surface area contributed by atoms with Gasteiger partial charge in [-0.15, -0.1) is 0 Å². The van der Waals surface area contributed by atoms with Crippen LogP contribution in [0.15, 0.2) is 36.8 Å². The van der Waals surface area contributed by atoms with Crippen LogP contribution in [0.5, 0.6) is 0 Å². The van der Waals surface area contributed by atoms with Crippen LogP contribution < -0.4 is 5.32 Å². The van der Waals surface area contributed by atoms with E-state index in [4.69, 9.17) is 10.00 Å². The van der Waals surface area contributed by atoms with Crippen LogP contribution in [0.3, 0.4) is 0 Å². The molecule has 0 unspecified atom stereocenters. The number of hydrogen-bond donors (Lipinski definition) is 1. The van der Waals surface area contributed by atoms with Gasteiger partial charge in [0.25, 0.3) is 11.7 Å². The first-order valence-electron chi connectivity index (χ1n) is 7.77. The van der Waals surface area contributed by atoms with Crippen molar-refractivity contribution in [2.24, 2.45) is 0 Å². The number of esters is 1. The van der Waals surface area contributed by atoms with Gasteiger partial charge in [0.15, 0.2) is 6.61 Å². The minimum atomic E-state index is -0.665. The van der Waals surface area contributed by atoms with Crippen LogP contribution >= 0.6 is 0 Å². The number of hydrogen-bond acceptors (Lipinski definition) is 7. The van der Waals surface area contributed by atoms with Gasteiger partial charge < -0.3 is 10.1 Å². The van der Waals surface area contributed by atoms with E-state index in [-0.39, 0.29) is 5.56 Å². The Morgan fingerprint density at radius 3 is 2.73 bits per heavy atom. The molecule has 0 atom stereocenters. The average Bonchev–Trinajstić information content (AvgIpc) is 3.14. The van der Waals surface area contributed by atoms with Crippen LogP contribution in [0, 0.1) is 11.3 Å². The van der Waals surface area contributed by atoms with Crippen molar-refractivity contribution < 1.29 is 14.3 Å². The van der Waals surface area contributed by atoms with Gasteiger partial charge in [-0.2, -0.15) is 15.3 Å². The van der Waals surface area contributed by atoms with Crippen LogP contribution in [0.2, 0.25) is 0 Å². The second-order valence-electron chi connectivity index (χ2n) is 5.26. The lowest BCUT2D eigenvalue weighted by Gasteiger charge is -2.09. The maximum absolute atomic E-state index is 12.3. The number of nitriles is 1. The summed E-state index contributed by atoms with van der Waals surface area (Å²) >= 11 is 0. The van der Waals surface area contributed by atoms with Crippen molar-refractivity contribution in [3.8, 4) is 6.07 Å². The normalized spacial score (nSPS) is 10.3. The smallest absolute Gasteiger partial charge is 0.342 e. The zero-order valence-corrected chi connectivity index (χ0v) is 13.8. The number of benzene rings is 1. The Hall–Kier alpha value is -3.80. The number of ether oxygens (including phenoxy) is 1. The van der Waals surface area contributed by atoms with Gasteiger partial charge >= 0.3 is 5.97 Å². The summed E-state index contributed by atoms with van der Waals surface area (Å²) in [7, 11) is 0. The number of aryl methyl sites for hydroxylation is 1. The number of amides is 1. The van der Waals surface area contributed by atoms with Crippen molar-refractivity contribution in [3.05, 3.63) is 53.6 Å². The van der Waals surface area contributed by atoms with E-state index in [1.807, 2.05) is 13.0 Å². The lowest BCUT2D eigenvalue weighted by molar-refractivity contribution is -0.119. The number of aromatic nitrogens is 4. The molecule has 0 spiro atoms. The van der Waals surface area contributed by atoms with E-state index in [2.05, 4.69) is 20.4 Å². The van der Waals surface area contributed by atoms with Gasteiger partial charge in [-0.3, -0.25) is 4.79 Å². The summed E-state index contributed by atoms with van der Waals surface area (Å²) < 4.78 is 6.54. The highest BCUT2D eigenvalue weighted by Gasteiger charge is 2.18. The summed E-state index contributed by atoms with van der Waals surface area (Å²) in [5, 5.41) is 15.4. The number of rotatable bonds is 5. The molecule has 130 valence electrons. The highest BCUT2D eigenvalue weighted by atomic mass is 16.5. The zero-order chi connectivity index (χ0) is 18.5. The van der Waals surface area contributed by atoms with Crippen LogP contribution in [-0.4, -0.2) is 38.1 Å². The molecule has 3 aromatic rings. The van der Waals surface area contributed by atoms with Crippen molar-refractivity contribution in [2.45, 2.75) is 13.3 Å². The average molecular weight is 350 g/mol. The predicted molar refractivity (Wildman–Crippen MR) is 90.2 cm³/mol. The van der Waals surface area contributed by atoms with Gasteiger partial charge in [0, 0.05) is 11.9 Å². The molecule has 3 rings (SSSR count). The number of nitrogens with one attached hydrogen (secondary N) is 1. The Morgan fingerprint density at radius 1 is 1.27 bits per heavy atom. The highest BCUT2D eigenvalue weighted by molar-refractivity contribution is 5.95. The molecule has 0 fully saturated rings. The molecule has 9 nitrogen and oxygen atoms in total. The molecule has 2 heterocycles. The fourth-order valence-corrected chi connectivity index (χ4v) is 2.37. The van der Waals surface area contributed by atoms with Crippen molar-refractivity contribution >= 4 is 23.3 Å². The van der Waals surface area contributed by atoms with E-state index < -0.39 is 18.5 Å². The molecular weight excluding hydrogens is 336 g/mol. The van der Waals surface area contributed by atoms with Gasteiger partial charge in [-0.25, -0.2) is 14.3 Å². The van der Waals surface area contributed by atoms with E-state index >= 15 is 0 Å². The maximum atomic E-state index is 12.3. The summed E-state index contributed by atoms with van der Waals surface area (Å²) in [6, 6.07) is 8.33. The Balaban J connectivity index is 1.65. The van der Waals surface area contributed by atoms with Crippen LogP contribution in [-0.2, 0) is 16.0 Å². The van der Waals surface area contributed by atoms with Crippen LogP contribution in [0.1, 0.15) is 28.5 Å². The van der Waals surface area contributed by atoms with Gasteiger partial charge in [-0.1, -0.05) is 6.92 Å². The zero-order valence-electron chi connectivity index (χ0n) is 13.8. The molecule has 26 heavy (non-hydrogen) atoms. The molecule has 0 saturated heterocycles. The molecule has 2 aromatic heterocycles. The molecule has 0 radical (unpaired) electrons. The number of nitrogens with zero attached hydrogens (tertiary/aromatic N) is 5. The highest BCUT2D eigenvalue weighted by Crippen LogP contribution is 2.12. The fraction of sp³-hybridized carbons (Fsp3) is 0.176. The van der Waals surface area contributed by atoms with Gasteiger partial charge in [0.05, 0.1) is 22.9 Å². The Kier molecular flexibility index (Phi) is 4.85. The number of carbonyl (C=O) groups excluding carboxylic acids is 2. The van der Waals surface area contributed by atoms with Gasteiger partial charge in [-0.05, 0) is 30.7 Å². The molecule has 0 saturated carbocycles. The lowest BCUT2D eigenvalue weighted by atomic mass is 10.2. The topological polar surface area (TPSA) is 122 Å². The quantitative estimate of drug-likeness (QED) is 0.689. The molecule has 0 aliphatic carbocycles. The number of anilines is 1. The van der Waals surface area contributed by atoms with Crippen molar-refractivity contribution in [1.29, 1.82) is 5.26 Å². The van der Waals surface area contributed by atoms with E-state index in [0.29, 0.717) is 29.1 Å². The standard InChI is InChI=1S/C17H14N6O3/c1-2-14-13(8-19-17-20-10-21-23(14)17)16(25)26-9-15(24)22-12-5-3-11(7-18)4-6-12/h3-6,8,10H,2,9H2,1H3,(H,22,24). The summed E-state index contributed by atoms with van der Waals surface area (Å²) in [4.78, 5) is 32.2. The molecule has 0 bridgehead atoms. The molecular formula is C17H14N6O3. The summed E-state index contributed by atoms with van der Waals surface area (Å²) in [6.45, 7) is 1.42. The molecule has 1 amide bonds. The minimum Gasteiger partial charge on any atom is -0.452 e. The molecule has 1 N–H and O–H groups in total. The molecule has 1 aromatic carbocycles.